The number of pyridine rings is 1. The Morgan fingerprint density at radius 1 is 0.414 bits per heavy atom. The Labute approximate surface area is 220 Å². The van der Waals surface area contributed by atoms with Crippen molar-refractivity contribution in [1.29, 1.82) is 0 Å². The van der Waals surface area contributed by atoms with Crippen LogP contribution in [0.4, 0.5) is 0 Å². The average Bonchev–Trinajstić information content (AvgIpc) is 2.69. The first-order chi connectivity index (χ1) is 13.5. The molecule has 0 spiro atoms. The van der Waals surface area contributed by atoms with E-state index in [1.807, 2.05) is 0 Å². The molecular formula is C17H2Cl11N. The van der Waals surface area contributed by atoms with Crippen LogP contribution in [0.25, 0.3) is 22.4 Å². The summed E-state index contributed by atoms with van der Waals surface area (Å²) >= 11 is 68.2. The molecule has 0 bridgehead atoms. The standard InChI is InChI=1S/C17H2Cl11N/c18-7-5(8(19)12(23)15(26)11(7)22)3-1-2-4(29-17(3)28)6-9(20)13(24)16(27)14(25)10(6)21/h1-2H. The van der Waals surface area contributed by atoms with Gasteiger partial charge in [0.25, 0.3) is 0 Å². The minimum Gasteiger partial charge on any atom is -0.235 e. The SMILES string of the molecule is Clc1nc(-c2c(Cl)c(Cl)c(Cl)c(Cl)c2Cl)ccc1-c1c(Cl)c(Cl)c(Cl)c(Cl)c1Cl. The van der Waals surface area contributed by atoms with Gasteiger partial charge in [0, 0.05) is 16.7 Å². The van der Waals surface area contributed by atoms with Crippen molar-refractivity contribution in [2.45, 2.75) is 0 Å². The van der Waals surface area contributed by atoms with Crippen LogP contribution in [-0.2, 0) is 0 Å². The number of aromatic nitrogens is 1. The van der Waals surface area contributed by atoms with Crippen LogP contribution in [0.15, 0.2) is 12.1 Å². The third-order valence-electron chi connectivity index (χ3n) is 3.79. The van der Waals surface area contributed by atoms with Gasteiger partial charge in [-0.05, 0) is 12.1 Å². The van der Waals surface area contributed by atoms with Crippen LogP contribution in [-0.4, -0.2) is 4.98 Å². The van der Waals surface area contributed by atoms with Crippen LogP contribution < -0.4 is 0 Å². The molecule has 0 saturated heterocycles. The van der Waals surface area contributed by atoms with Gasteiger partial charge in [-0.1, -0.05) is 128 Å². The maximum atomic E-state index is 6.39. The van der Waals surface area contributed by atoms with Gasteiger partial charge in [-0.25, -0.2) is 4.98 Å². The molecule has 0 unspecified atom stereocenters. The van der Waals surface area contributed by atoms with Crippen molar-refractivity contribution in [3.05, 3.63) is 67.5 Å². The second-order valence-corrected chi connectivity index (χ2v) is 9.56. The van der Waals surface area contributed by atoms with Crippen LogP contribution in [0.3, 0.4) is 0 Å². The number of hydrogen-bond acceptors (Lipinski definition) is 1. The normalized spacial score (nSPS) is 11.3. The minimum atomic E-state index is 0.00934. The monoisotopic (exact) mass is 605 g/mol. The van der Waals surface area contributed by atoms with E-state index < -0.39 is 0 Å². The molecule has 0 aliphatic carbocycles. The van der Waals surface area contributed by atoms with Gasteiger partial charge in [-0.2, -0.15) is 0 Å². The van der Waals surface area contributed by atoms with E-state index in [2.05, 4.69) is 4.98 Å². The number of benzene rings is 2. The Balaban J connectivity index is 2.26. The van der Waals surface area contributed by atoms with E-state index in [1.165, 1.54) is 0 Å². The average molecular weight is 610 g/mol. The molecule has 12 heteroatoms. The topological polar surface area (TPSA) is 12.9 Å². The third-order valence-corrected chi connectivity index (χ3v) is 8.64. The summed E-state index contributed by atoms with van der Waals surface area (Å²) in [5.41, 5.74) is 1.16. The minimum absolute atomic E-state index is 0.00934. The molecule has 0 aliphatic heterocycles. The highest BCUT2D eigenvalue weighted by Gasteiger charge is 2.25. The lowest BCUT2D eigenvalue weighted by Crippen LogP contribution is -1.94. The van der Waals surface area contributed by atoms with Gasteiger partial charge in [-0.15, -0.1) is 0 Å². The summed E-state index contributed by atoms with van der Waals surface area (Å²) in [7, 11) is 0. The number of hydrogen-bond donors (Lipinski definition) is 0. The van der Waals surface area contributed by atoms with E-state index in [-0.39, 0.29) is 72.2 Å². The van der Waals surface area contributed by atoms with Crippen LogP contribution in [0.1, 0.15) is 0 Å². The summed E-state index contributed by atoms with van der Waals surface area (Å²) in [4.78, 5) is 4.32. The molecule has 3 aromatic rings. The van der Waals surface area contributed by atoms with Gasteiger partial charge in [0.05, 0.1) is 55.9 Å². The van der Waals surface area contributed by atoms with Crippen LogP contribution >= 0.6 is 128 Å². The highest BCUT2D eigenvalue weighted by atomic mass is 35.5. The van der Waals surface area contributed by atoms with Crippen molar-refractivity contribution in [2.24, 2.45) is 0 Å². The van der Waals surface area contributed by atoms with E-state index in [0.29, 0.717) is 5.56 Å². The van der Waals surface area contributed by atoms with Crippen molar-refractivity contribution in [3.8, 4) is 22.4 Å². The fourth-order valence-electron chi connectivity index (χ4n) is 2.43. The van der Waals surface area contributed by atoms with Gasteiger partial charge in [0.2, 0.25) is 0 Å². The first kappa shape index (κ1) is 24.4. The van der Waals surface area contributed by atoms with Crippen molar-refractivity contribution in [3.63, 3.8) is 0 Å². The lowest BCUT2D eigenvalue weighted by molar-refractivity contribution is 1.32. The molecule has 0 fully saturated rings. The van der Waals surface area contributed by atoms with Gasteiger partial charge in [-0.3, -0.25) is 0 Å². The fraction of sp³-hybridized carbons (Fsp3) is 0. The lowest BCUT2D eigenvalue weighted by atomic mass is 10.0. The quantitative estimate of drug-likeness (QED) is 0.160. The molecule has 0 radical (unpaired) electrons. The molecule has 2 aromatic carbocycles. The Hall–Kier alpha value is 0.780. The predicted octanol–water partition coefficient (Wildman–Crippen LogP) is 11.6. The van der Waals surface area contributed by atoms with E-state index in [9.17, 15) is 0 Å². The molecule has 0 amide bonds. The second kappa shape index (κ2) is 9.33. The summed E-state index contributed by atoms with van der Waals surface area (Å²) in [6.07, 6.45) is 0. The first-order valence-corrected chi connectivity index (χ1v) is 11.3. The van der Waals surface area contributed by atoms with Crippen molar-refractivity contribution in [1.82, 2.24) is 4.98 Å². The molecule has 0 aliphatic rings. The largest absolute Gasteiger partial charge is 0.235 e. The first-order valence-electron chi connectivity index (χ1n) is 7.19. The zero-order chi connectivity index (χ0) is 21.8. The molecule has 1 nitrogen and oxygen atoms in total. The maximum Gasteiger partial charge on any atom is 0.137 e. The third kappa shape index (κ3) is 4.24. The highest BCUT2D eigenvalue weighted by molar-refractivity contribution is 6.57. The fourth-order valence-corrected chi connectivity index (χ4v) is 5.35. The molecule has 1 heterocycles. The number of halogens is 11. The van der Waals surface area contributed by atoms with E-state index in [1.54, 1.807) is 12.1 Å². The summed E-state index contributed by atoms with van der Waals surface area (Å²) in [5.74, 6) is 0. The van der Waals surface area contributed by atoms with Crippen molar-refractivity contribution >= 4 is 128 Å². The zero-order valence-electron chi connectivity index (χ0n) is 13.3. The zero-order valence-corrected chi connectivity index (χ0v) is 21.6. The van der Waals surface area contributed by atoms with Crippen LogP contribution in [0.2, 0.25) is 55.4 Å². The molecule has 0 saturated carbocycles. The Kier molecular flexibility index (Phi) is 7.86. The lowest BCUT2D eigenvalue weighted by Gasteiger charge is -2.15. The summed E-state index contributed by atoms with van der Waals surface area (Å²) < 4.78 is 0. The Morgan fingerprint density at radius 2 is 0.759 bits per heavy atom. The molecule has 152 valence electrons. The van der Waals surface area contributed by atoms with Gasteiger partial charge in [0.1, 0.15) is 5.15 Å². The molecule has 0 atom stereocenters. The van der Waals surface area contributed by atoms with E-state index in [4.69, 9.17) is 128 Å². The molecule has 3 rings (SSSR count). The summed E-state index contributed by atoms with van der Waals surface area (Å²) in [6, 6.07) is 3.15. The van der Waals surface area contributed by atoms with Gasteiger partial charge >= 0.3 is 0 Å². The van der Waals surface area contributed by atoms with Crippen LogP contribution in [0.5, 0.6) is 0 Å². The van der Waals surface area contributed by atoms with Crippen molar-refractivity contribution < 1.29 is 0 Å². The summed E-state index contributed by atoms with van der Waals surface area (Å²) in [6.45, 7) is 0. The summed E-state index contributed by atoms with van der Waals surface area (Å²) in [5, 5.41) is 0.440. The second-order valence-electron chi connectivity index (χ2n) is 5.42. The van der Waals surface area contributed by atoms with Gasteiger partial charge < -0.3 is 0 Å². The predicted molar refractivity (Wildman–Crippen MR) is 130 cm³/mol. The number of nitrogens with zero attached hydrogens (tertiary/aromatic N) is 1. The smallest absolute Gasteiger partial charge is 0.137 e. The maximum absolute atomic E-state index is 6.39. The Bertz CT molecular complexity index is 1120. The molecule has 29 heavy (non-hydrogen) atoms. The van der Waals surface area contributed by atoms with E-state index in [0.717, 1.165) is 0 Å². The molecule has 1 aromatic heterocycles. The highest BCUT2D eigenvalue weighted by Crippen LogP contribution is 2.51. The molecular weight excluding hydrogens is 608 g/mol. The Morgan fingerprint density at radius 3 is 1.14 bits per heavy atom. The van der Waals surface area contributed by atoms with Crippen LogP contribution in [0, 0.1) is 0 Å². The molecule has 0 N–H and O–H groups in total. The number of rotatable bonds is 2. The van der Waals surface area contributed by atoms with Gasteiger partial charge in [0.15, 0.2) is 0 Å². The van der Waals surface area contributed by atoms with Crippen molar-refractivity contribution in [2.75, 3.05) is 0 Å². The van der Waals surface area contributed by atoms with E-state index >= 15 is 0 Å².